The first-order valence-electron chi connectivity index (χ1n) is 3.05. The molecular formula is C8H8I2. The van der Waals surface area contributed by atoms with Crippen molar-refractivity contribution in [2.24, 2.45) is 0 Å². The van der Waals surface area contributed by atoms with Crippen LogP contribution in [0, 0.1) is 10.5 Å². The topological polar surface area (TPSA) is 0 Å². The molecule has 1 aromatic carbocycles. The van der Waals surface area contributed by atoms with Gasteiger partial charge in [0.15, 0.2) is 0 Å². The first-order chi connectivity index (χ1) is 4.74. The number of aryl methyl sites for hydroxylation is 1. The minimum Gasteiger partial charge on any atom is -0.0811 e. The minimum atomic E-state index is 1.11. The second-order valence-electron chi connectivity index (χ2n) is 2.23. The van der Waals surface area contributed by atoms with Gasteiger partial charge in [0.1, 0.15) is 0 Å². The molecule has 0 saturated carbocycles. The zero-order valence-electron chi connectivity index (χ0n) is 5.70. The van der Waals surface area contributed by atoms with Gasteiger partial charge in [0, 0.05) is 8.00 Å². The van der Waals surface area contributed by atoms with E-state index in [0.717, 1.165) is 4.43 Å². The summed E-state index contributed by atoms with van der Waals surface area (Å²) in [5, 5.41) is 0. The Morgan fingerprint density at radius 2 is 2.10 bits per heavy atom. The molecule has 0 aliphatic heterocycles. The Balaban J connectivity index is 3.07. The number of hydrogen-bond acceptors (Lipinski definition) is 0. The molecule has 2 heteroatoms. The van der Waals surface area contributed by atoms with Gasteiger partial charge in [-0.25, -0.2) is 0 Å². The number of rotatable bonds is 1. The number of hydrogen-bond donors (Lipinski definition) is 0. The Bertz CT molecular complexity index is 231. The van der Waals surface area contributed by atoms with Crippen LogP contribution in [0.3, 0.4) is 0 Å². The van der Waals surface area contributed by atoms with E-state index in [1.165, 1.54) is 14.7 Å². The van der Waals surface area contributed by atoms with Crippen LogP contribution >= 0.6 is 45.2 Å². The van der Waals surface area contributed by atoms with Gasteiger partial charge >= 0.3 is 0 Å². The van der Waals surface area contributed by atoms with E-state index in [4.69, 9.17) is 0 Å². The van der Waals surface area contributed by atoms with Crippen molar-refractivity contribution < 1.29 is 0 Å². The van der Waals surface area contributed by atoms with Crippen LogP contribution in [0.4, 0.5) is 0 Å². The number of benzene rings is 1. The second kappa shape index (κ2) is 3.90. The lowest BCUT2D eigenvalue weighted by Gasteiger charge is -1.99. The Labute approximate surface area is 88.7 Å². The fourth-order valence-electron chi connectivity index (χ4n) is 0.761. The molecule has 1 aromatic rings. The Morgan fingerprint density at radius 1 is 1.40 bits per heavy atom. The third-order valence-electron chi connectivity index (χ3n) is 1.35. The van der Waals surface area contributed by atoms with Crippen molar-refractivity contribution in [3.63, 3.8) is 0 Å². The molecule has 0 spiro atoms. The molecule has 0 nitrogen and oxygen atoms in total. The SMILES string of the molecule is Cc1ccc(CI)c(I)c1. The van der Waals surface area contributed by atoms with Crippen LogP contribution in [-0.4, -0.2) is 0 Å². The van der Waals surface area contributed by atoms with E-state index >= 15 is 0 Å². The highest BCUT2D eigenvalue weighted by Crippen LogP contribution is 2.16. The van der Waals surface area contributed by atoms with Crippen LogP contribution in [0.2, 0.25) is 0 Å². The van der Waals surface area contributed by atoms with Crippen molar-refractivity contribution in [3.05, 3.63) is 32.9 Å². The van der Waals surface area contributed by atoms with Gasteiger partial charge in [-0.15, -0.1) is 0 Å². The summed E-state index contributed by atoms with van der Waals surface area (Å²) in [6.45, 7) is 2.12. The predicted octanol–water partition coefficient (Wildman–Crippen LogP) is 3.53. The maximum Gasteiger partial charge on any atom is 0.0257 e. The van der Waals surface area contributed by atoms with Crippen molar-refractivity contribution in [2.45, 2.75) is 11.4 Å². The van der Waals surface area contributed by atoms with E-state index in [9.17, 15) is 0 Å². The zero-order valence-corrected chi connectivity index (χ0v) is 10.0. The first kappa shape index (κ1) is 8.77. The average Bonchev–Trinajstić information content (AvgIpc) is 1.88. The molecule has 0 heterocycles. The summed E-state index contributed by atoms with van der Waals surface area (Å²) in [5.74, 6) is 0. The molecule has 0 aliphatic carbocycles. The van der Waals surface area contributed by atoms with Crippen LogP contribution in [0.5, 0.6) is 0 Å². The minimum absolute atomic E-state index is 1.11. The van der Waals surface area contributed by atoms with Crippen molar-refractivity contribution in [1.29, 1.82) is 0 Å². The van der Waals surface area contributed by atoms with E-state index in [2.05, 4.69) is 70.3 Å². The van der Waals surface area contributed by atoms with Crippen LogP contribution in [0.1, 0.15) is 11.1 Å². The third-order valence-corrected chi connectivity index (χ3v) is 3.18. The van der Waals surface area contributed by atoms with Gasteiger partial charge in [-0.1, -0.05) is 40.3 Å². The molecule has 0 fully saturated rings. The highest BCUT2D eigenvalue weighted by atomic mass is 127. The van der Waals surface area contributed by atoms with E-state index in [1.54, 1.807) is 0 Å². The van der Waals surface area contributed by atoms with E-state index in [0.29, 0.717) is 0 Å². The predicted molar refractivity (Wildman–Crippen MR) is 61.6 cm³/mol. The Kier molecular flexibility index (Phi) is 3.42. The number of halogens is 2. The van der Waals surface area contributed by atoms with Crippen LogP contribution in [-0.2, 0) is 4.43 Å². The molecule has 0 unspecified atom stereocenters. The molecule has 0 aromatic heterocycles. The monoisotopic (exact) mass is 358 g/mol. The molecule has 0 atom stereocenters. The standard InChI is InChI=1S/C8H8I2/c1-6-2-3-7(5-9)8(10)4-6/h2-4H,5H2,1H3. The molecule has 10 heavy (non-hydrogen) atoms. The van der Waals surface area contributed by atoms with Crippen LogP contribution < -0.4 is 0 Å². The van der Waals surface area contributed by atoms with Crippen molar-refractivity contribution in [2.75, 3.05) is 0 Å². The van der Waals surface area contributed by atoms with Crippen LogP contribution in [0.25, 0.3) is 0 Å². The summed E-state index contributed by atoms with van der Waals surface area (Å²) in [4.78, 5) is 0. The van der Waals surface area contributed by atoms with Gasteiger partial charge in [-0.05, 0) is 41.1 Å². The molecule has 0 radical (unpaired) electrons. The Hall–Kier alpha value is 0.680. The van der Waals surface area contributed by atoms with Crippen molar-refractivity contribution >= 4 is 45.2 Å². The third kappa shape index (κ3) is 2.08. The molecule has 0 N–H and O–H groups in total. The van der Waals surface area contributed by atoms with Crippen molar-refractivity contribution in [3.8, 4) is 0 Å². The lowest BCUT2D eigenvalue weighted by Crippen LogP contribution is -1.83. The van der Waals surface area contributed by atoms with E-state index in [-0.39, 0.29) is 0 Å². The summed E-state index contributed by atoms with van der Waals surface area (Å²) in [7, 11) is 0. The number of alkyl halides is 1. The molecular weight excluding hydrogens is 350 g/mol. The fourth-order valence-corrected chi connectivity index (χ4v) is 3.02. The summed E-state index contributed by atoms with van der Waals surface area (Å²) in [6, 6.07) is 6.58. The highest BCUT2D eigenvalue weighted by Gasteiger charge is 1.95. The van der Waals surface area contributed by atoms with E-state index in [1.807, 2.05) is 0 Å². The molecule has 0 aliphatic rings. The summed E-state index contributed by atoms with van der Waals surface area (Å²) in [6.07, 6.45) is 0. The van der Waals surface area contributed by atoms with E-state index < -0.39 is 0 Å². The Morgan fingerprint density at radius 3 is 2.60 bits per heavy atom. The van der Waals surface area contributed by atoms with Crippen LogP contribution in [0.15, 0.2) is 18.2 Å². The smallest absolute Gasteiger partial charge is 0.0257 e. The lowest BCUT2D eigenvalue weighted by molar-refractivity contribution is 1.35. The molecule has 0 saturated heterocycles. The van der Waals surface area contributed by atoms with Crippen molar-refractivity contribution in [1.82, 2.24) is 0 Å². The summed E-state index contributed by atoms with van der Waals surface area (Å²) in [5.41, 5.74) is 2.78. The largest absolute Gasteiger partial charge is 0.0811 e. The maximum atomic E-state index is 2.39. The molecule has 54 valence electrons. The maximum absolute atomic E-state index is 2.39. The van der Waals surface area contributed by atoms with Gasteiger partial charge in [0.2, 0.25) is 0 Å². The van der Waals surface area contributed by atoms with Gasteiger partial charge < -0.3 is 0 Å². The fraction of sp³-hybridized carbons (Fsp3) is 0.250. The van der Waals surface area contributed by atoms with Gasteiger partial charge in [-0.2, -0.15) is 0 Å². The highest BCUT2D eigenvalue weighted by molar-refractivity contribution is 14.1. The summed E-state index contributed by atoms with van der Waals surface area (Å²) >= 11 is 4.77. The lowest BCUT2D eigenvalue weighted by atomic mass is 10.2. The first-order valence-corrected chi connectivity index (χ1v) is 5.65. The van der Waals surface area contributed by atoms with Gasteiger partial charge in [-0.3, -0.25) is 0 Å². The normalized spacial score (nSPS) is 9.90. The quantitative estimate of drug-likeness (QED) is 0.532. The molecule has 1 rings (SSSR count). The van der Waals surface area contributed by atoms with Gasteiger partial charge in [0.25, 0.3) is 0 Å². The molecule has 0 amide bonds. The molecule has 0 bridgehead atoms. The zero-order chi connectivity index (χ0) is 7.56. The second-order valence-corrected chi connectivity index (χ2v) is 4.15. The average molecular weight is 358 g/mol. The van der Waals surface area contributed by atoms with Gasteiger partial charge in [0.05, 0.1) is 0 Å². The summed E-state index contributed by atoms with van der Waals surface area (Å²) < 4.78 is 2.49.